The Bertz CT molecular complexity index is 552. The molecular formula is C19H27NO3. The second-order valence-corrected chi connectivity index (χ2v) is 6.98. The van der Waals surface area contributed by atoms with E-state index in [1.54, 1.807) is 7.11 Å². The number of carbonyl (C=O) groups is 1. The lowest BCUT2D eigenvalue weighted by atomic mass is 9.95. The number of amides is 1. The zero-order chi connectivity index (χ0) is 16.2. The summed E-state index contributed by atoms with van der Waals surface area (Å²) < 4.78 is 11.7. The van der Waals surface area contributed by atoms with Gasteiger partial charge in [-0.05, 0) is 74.5 Å². The lowest BCUT2D eigenvalue weighted by molar-refractivity contribution is -0.118. The smallest absolute Gasteiger partial charge is 0.217 e. The molecule has 2 saturated carbocycles. The summed E-state index contributed by atoms with van der Waals surface area (Å²) >= 11 is 0. The highest BCUT2D eigenvalue weighted by Crippen LogP contribution is 2.42. The van der Waals surface area contributed by atoms with Gasteiger partial charge in [0.15, 0.2) is 11.5 Å². The molecule has 2 aliphatic rings. The molecule has 0 bridgehead atoms. The fourth-order valence-corrected chi connectivity index (χ4v) is 4.07. The van der Waals surface area contributed by atoms with Gasteiger partial charge in [-0.15, -0.1) is 0 Å². The Balaban J connectivity index is 1.71. The Morgan fingerprint density at radius 3 is 2.65 bits per heavy atom. The van der Waals surface area contributed by atoms with Crippen molar-refractivity contribution in [1.82, 2.24) is 0 Å². The zero-order valence-electron chi connectivity index (χ0n) is 13.9. The molecule has 2 unspecified atom stereocenters. The third kappa shape index (κ3) is 3.98. The molecule has 23 heavy (non-hydrogen) atoms. The third-order valence-corrected chi connectivity index (χ3v) is 5.29. The van der Waals surface area contributed by atoms with E-state index in [9.17, 15) is 4.79 Å². The van der Waals surface area contributed by atoms with Gasteiger partial charge in [0.2, 0.25) is 5.91 Å². The van der Waals surface area contributed by atoms with Gasteiger partial charge in [0.25, 0.3) is 0 Å². The van der Waals surface area contributed by atoms with Crippen molar-refractivity contribution in [3.05, 3.63) is 23.8 Å². The van der Waals surface area contributed by atoms with Crippen LogP contribution in [0.1, 0.15) is 62.8 Å². The van der Waals surface area contributed by atoms with E-state index in [4.69, 9.17) is 15.2 Å². The highest BCUT2D eigenvalue weighted by molar-refractivity contribution is 5.74. The molecule has 0 heterocycles. The van der Waals surface area contributed by atoms with Crippen molar-refractivity contribution in [3.63, 3.8) is 0 Å². The average Bonchev–Trinajstić information content (AvgIpc) is 3.18. The van der Waals surface area contributed by atoms with Crippen molar-refractivity contribution < 1.29 is 14.3 Å². The molecule has 1 aromatic rings. The summed E-state index contributed by atoms with van der Waals surface area (Å²) in [6.45, 7) is 0. The van der Waals surface area contributed by atoms with E-state index >= 15 is 0 Å². The highest BCUT2D eigenvalue weighted by atomic mass is 16.5. The van der Waals surface area contributed by atoms with E-state index in [-0.39, 0.29) is 5.91 Å². The van der Waals surface area contributed by atoms with Gasteiger partial charge in [0, 0.05) is 6.42 Å². The topological polar surface area (TPSA) is 61.5 Å². The van der Waals surface area contributed by atoms with Crippen LogP contribution in [0.5, 0.6) is 11.5 Å². The quantitative estimate of drug-likeness (QED) is 0.868. The first-order valence-electron chi connectivity index (χ1n) is 8.78. The molecule has 1 aromatic carbocycles. The molecule has 4 heteroatoms. The molecule has 0 saturated heterocycles. The maximum absolute atomic E-state index is 11.1. The van der Waals surface area contributed by atoms with Crippen LogP contribution in [-0.2, 0) is 4.79 Å². The summed E-state index contributed by atoms with van der Waals surface area (Å²) in [5, 5.41) is 0. The van der Waals surface area contributed by atoms with Gasteiger partial charge < -0.3 is 15.2 Å². The fraction of sp³-hybridized carbons (Fsp3) is 0.632. The van der Waals surface area contributed by atoms with Gasteiger partial charge in [-0.2, -0.15) is 0 Å². The second-order valence-electron chi connectivity index (χ2n) is 6.98. The molecule has 3 rings (SSSR count). The number of benzene rings is 1. The number of methoxy groups -OCH3 is 1. The average molecular weight is 317 g/mol. The molecule has 126 valence electrons. The molecule has 0 aliphatic heterocycles. The maximum Gasteiger partial charge on any atom is 0.217 e. The normalized spacial score (nSPS) is 24.7. The minimum Gasteiger partial charge on any atom is -0.493 e. The van der Waals surface area contributed by atoms with Crippen molar-refractivity contribution in [3.8, 4) is 11.5 Å². The zero-order valence-corrected chi connectivity index (χ0v) is 13.9. The van der Waals surface area contributed by atoms with Crippen molar-refractivity contribution in [1.29, 1.82) is 0 Å². The van der Waals surface area contributed by atoms with E-state index in [0.717, 1.165) is 43.6 Å². The highest BCUT2D eigenvalue weighted by Gasteiger charge is 2.28. The predicted octanol–water partition coefficient (Wildman–Crippen LogP) is 3.78. The number of nitrogens with two attached hydrogens (primary N) is 1. The SMILES string of the molecule is COc1ccc(C2CCC(CC(N)=O)C2)cc1OC1CCCC1. The van der Waals surface area contributed by atoms with Gasteiger partial charge in [-0.1, -0.05) is 6.07 Å². The standard InChI is InChI=1S/C19H27NO3/c1-22-17-9-8-15(12-18(17)23-16-4-2-3-5-16)14-7-6-13(10-14)11-19(20)21/h8-9,12-14,16H,2-7,10-11H2,1H3,(H2,20,21). The minimum atomic E-state index is -0.185. The molecule has 0 spiro atoms. The van der Waals surface area contributed by atoms with Crippen LogP contribution in [0.3, 0.4) is 0 Å². The van der Waals surface area contributed by atoms with Crippen LogP contribution in [0.15, 0.2) is 18.2 Å². The molecule has 1 amide bonds. The summed E-state index contributed by atoms with van der Waals surface area (Å²) in [5.41, 5.74) is 6.63. The fourth-order valence-electron chi connectivity index (χ4n) is 4.07. The number of rotatable bonds is 6. The van der Waals surface area contributed by atoms with Crippen LogP contribution in [0.25, 0.3) is 0 Å². The van der Waals surface area contributed by atoms with Gasteiger partial charge >= 0.3 is 0 Å². The van der Waals surface area contributed by atoms with Crippen molar-refractivity contribution in [2.24, 2.45) is 11.7 Å². The van der Waals surface area contributed by atoms with Gasteiger partial charge in [0.1, 0.15) is 0 Å². The Labute approximate surface area is 138 Å². The van der Waals surface area contributed by atoms with E-state index in [2.05, 4.69) is 12.1 Å². The molecular weight excluding hydrogens is 290 g/mol. The molecule has 2 N–H and O–H groups in total. The van der Waals surface area contributed by atoms with E-state index in [1.807, 2.05) is 6.07 Å². The van der Waals surface area contributed by atoms with Crippen LogP contribution >= 0.6 is 0 Å². The number of ether oxygens (including phenoxy) is 2. The molecule has 4 nitrogen and oxygen atoms in total. The molecule has 0 radical (unpaired) electrons. The summed E-state index contributed by atoms with van der Waals surface area (Å²) in [7, 11) is 1.69. The monoisotopic (exact) mass is 317 g/mol. The summed E-state index contributed by atoms with van der Waals surface area (Å²) in [4.78, 5) is 11.1. The Morgan fingerprint density at radius 2 is 1.96 bits per heavy atom. The Hall–Kier alpha value is -1.71. The van der Waals surface area contributed by atoms with Gasteiger partial charge in [-0.3, -0.25) is 4.79 Å². The van der Waals surface area contributed by atoms with Gasteiger partial charge in [0.05, 0.1) is 13.2 Å². The Morgan fingerprint density at radius 1 is 1.17 bits per heavy atom. The lowest BCUT2D eigenvalue weighted by Crippen LogP contribution is -2.14. The van der Waals surface area contributed by atoms with Gasteiger partial charge in [-0.25, -0.2) is 0 Å². The van der Waals surface area contributed by atoms with Crippen molar-refractivity contribution in [2.75, 3.05) is 7.11 Å². The molecule has 0 aromatic heterocycles. The summed E-state index contributed by atoms with van der Waals surface area (Å²) in [5.74, 6) is 2.42. The first-order valence-corrected chi connectivity index (χ1v) is 8.78. The van der Waals surface area contributed by atoms with Crippen LogP contribution < -0.4 is 15.2 Å². The number of hydrogen-bond acceptors (Lipinski definition) is 3. The third-order valence-electron chi connectivity index (χ3n) is 5.29. The lowest BCUT2D eigenvalue weighted by Gasteiger charge is -2.19. The van der Waals surface area contributed by atoms with E-state index < -0.39 is 0 Å². The summed E-state index contributed by atoms with van der Waals surface area (Å²) in [6, 6.07) is 6.30. The Kier molecular flexibility index (Phi) is 5.09. The first-order chi connectivity index (χ1) is 11.2. The number of hydrogen-bond donors (Lipinski definition) is 1. The number of carbonyl (C=O) groups excluding carboxylic acids is 1. The molecule has 2 aliphatic carbocycles. The van der Waals surface area contributed by atoms with Crippen molar-refractivity contribution >= 4 is 5.91 Å². The first kappa shape index (κ1) is 16.2. The van der Waals surface area contributed by atoms with Crippen LogP contribution in [0, 0.1) is 5.92 Å². The number of primary amides is 1. The second kappa shape index (κ2) is 7.24. The van der Waals surface area contributed by atoms with Crippen LogP contribution in [-0.4, -0.2) is 19.1 Å². The molecule has 2 fully saturated rings. The predicted molar refractivity (Wildman–Crippen MR) is 89.8 cm³/mol. The van der Waals surface area contributed by atoms with Crippen LogP contribution in [0.2, 0.25) is 0 Å². The summed E-state index contributed by atoms with van der Waals surface area (Å²) in [6.07, 6.45) is 8.86. The minimum absolute atomic E-state index is 0.185. The maximum atomic E-state index is 11.1. The van der Waals surface area contributed by atoms with E-state index in [0.29, 0.717) is 24.4 Å². The largest absolute Gasteiger partial charge is 0.493 e. The van der Waals surface area contributed by atoms with E-state index in [1.165, 1.54) is 18.4 Å². The molecule has 2 atom stereocenters. The van der Waals surface area contributed by atoms with Crippen LogP contribution in [0.4, 0.5) is 0 Å². The van der Waals surface area contributed by atoms with Crippen molar-refractivity contribution in [2.45, 2.75) is 63.4 Å².